The summed E-state index contributed by atoms with van der Waals surface area (Å²) in [6, 6.07) is 15.5. The molecule has 3 nitrogen and oxygen atoms in total. The largest absolute Gasteiger partial charge is 0.353 e. The minimum atomic E-state index is -0.190. The van der Waals surface area contributed by atoms with Gasteiger partial charge < -0.3 is 5.32 Å². The maximum absolute atomic E-state index is 13.0. The highest BCUT2D eigenvalue weighted by Crippen LogP contribution is 2.35. The zero-order chi connectivity index (χ0) is 18.6. The van der Waals surface area contributed by atoms with E-state index in [4.69, 9.17) is 0 Å². The standard InChI is InChI=1S/C23H27FN2O/c24-20-9-5-17(6-10-20)16-26-13-11-21(12-14-26)25-23(27)15-19-8-7-18-3-1-2-4-22(18)19/h1-6,9-10,19,21H,7-8,11-16H2,(H,25,27). The molecule has 2 aromatic carbocycles. The van der Waals surface area contributed by atoms with Gasteiger partial charge in [0, 0.05) is 32.1 Å². The molecular weight excluding hydrogens is 339 g/mol. The minimum absolute atomic E-state index is 0.189. The van der Waals surface area contributed by atoms with Crippen LogP contribution in [0.15, 0.2) is 48.5 Å². The predicted molar refractivity (Wildman–Crippen MR) is 105 cm³/mol. The second-order valence-corrected chi connectivity index (χ2v) is 7.88. The summed E-state index contributed by atoms with van der Waals surface area (Å²) < 4.78 is 13.0. The number of aryl methyl sites for hydroxylation is 1. The van der Waals surface area contributed by atoms with Crippen molar-refractivity contribution in [2.24, 2.45) is 0 Å². The summed E-state index contributed by atoms with van der Waals surface area (Å²) in [6.45, 7) is 2.78. The Morgan fingerprint density at radius 1 is 1.04 bits per heavy atom. The van der Waals surface area contributed by atoms with E-state index in [2.05, 4.69) is 34.5 Å². The van der Waals surface area contributed by atoms with Gasteiger partial charge in [-0.2, -0.15) is 0 Å². The first-order valence-electron chi connectivity index (χ1n) is 10.0. The van der Waals surface area contributed by atoms with E-state index in [1.165, 1.54) is 23.3 Å². The highest BCUT2D eigenvalue weighted by molar-refractivity contribution is 5.77. The molecule has 2 aliphatic rings. The molecule has 1 N–H and O–H groups in total. The van der Waals surface area contributed by atoms with Gasteiger partial charge in [-0.05, 0) is 60.4 Å². The average molecular weight is 366 g/mol. The van der Waals surface area contributed by atoms with Gasteiger partial charge in [0.25, 0.3) is 0 Å². The number of benzene rings is 2. The minimum Gasteiger partial charge on any atom is -0.353 e. The number of hydrogen-bond acceptors (Lipinski definition) is 2. The van der Waals surface area contributed by atoms with Crippen LogP contribution < -0.4 is 5.32 Å². The molecule has 0 saturated carbocycles. The molecule has 1 heterocycles. The van der Waals surface area contributed by atoms with Crippen LogP contribution in [-0.2, 0) is 17.8 Å². The molecule has 0 aromatic heterocycles. The molecule has 1 aliphatic heterocycles. The van der Waals surface area contributed by atoms with E-state index in [9.17, 15) is 9.18 Å². The van der Waals surface area contributed by atoms with Gasteiger partial charge in [0.1, 0.15) is 5.82 Å². The predicted octanol–water partition coefficient (Wildman–Crippen LogP) is 4.03. The van der Waals surface area contributed by atoms with Gasteiger partial charge in [-0.3, -0.25) is 9.69 Å². The van der Waals surface area contributed by atoms with Crippen molar-refractivity contribution in [3.8, 4) is 0 Å². The molecule has 0 bridgehead atoms. The van der Waals surface area contributed by atoms with Crippen molar-refractivity contribution in [2.75, 3.05) is 13.1 Å². The van der Waals surface area contributed by atoms with Gasteiger partial charge >= 0.3 is 0 Å². The number of nitrogens with zero attached hydrogens (tertiary/aromatic N) is 1. The Labute approximate surface area is 160 Å². The van der Waals surface area contributed by atoms with Crippen LogP contribution in [0.25, 0.3) is 0 Å². The van der Waals surface area contributed by atoms with Gasteiger partial charge in [0.05, 0.1) is 0 Å². The van der Waals surface area contributed by atoms with Gasteiger partial charge in [0.15, 0.2) is 0 Å². The Bertz CT molecular complexity index is 781. The van der Waals surface area contributed by atoms with Crippen LogP contribution in [0.5, 0.6) is 0 Å². The Kier molecular flexibility index (Phi) is 5.53. The fourth-order valence-corrected chi connectivity index (χ4v) is 4.45. The first-order valence-corrected chi connectivity index (χ1v) is 10.0. The molecule has 1 saturated heterocycles. The SMILES string of the molecule is O=C(CC1CCc2ccccc21)NC1CCN(Cc2ccc(F)cc2)CC1. The Morgan fingerprint density at radius 2 is 1.78 bits per heavy atom. The molecule has 1 unspecified atom stereocenters. The molecule has 1 fully saturated rings. The lowest BCUT2D eigenvalue weighted by Crippen LogP contribution is -2.44. The van der Waals surface area contributed by atoms with Crippen LogP contribution >= 0.6 is 0 Å². The molecular formula is C23H27FN2O. The topological polar surface area (TPSA) is 32.3 Å². The van der Waals surface area contributed by atoms with Crippen molar-refractivity contribution in [2.45, 2.75) is 50.6 Å². The Hall–Kier alpha value is -2.20. The van der Waals surface area contributed by atoms with Crippen molar-refractivity contribution < 1.29 is 9.18 Å². The second-order valence-electron chi connectivity index (χ2n) is 7.88. The number of amides is 1. The van der Waals surface area contributed by atoms with Gasteiger partial charge in [-0.25, -0.2) is 4.39 Å². The number of hydrogen-bond donors (Lipinski definition) is 1. The summed E-state index contributed by atoms with van der Waals surface area (Å²) >= 11 is 0. The number of carbonyl (C=O) groups excluding carboxylic acids is 1. The van der Waals surface area contributed by atoms with E-state index in [0.717, 1.165) is 50.9 Å². The van der Waals surface area contributed by atoms with Crippen LogP contribution in [0.3, 0.4) is 0 Å². The quantitative estimate of drug-likeness (QED) is 0.867. The number of likely N-dealkylation sites (tertiary alicyclic amines) is 1. The maximum atomic E-state index is 13.0. The third-order valence-electron chi connectivity index (χ3n) is 5.96. The first kappa shape index (κ1) is 18.2. The van der Waals surface area contributed by atoms with Crippen molar-refractivity contribution >= 4 is 5.91 Å². The van der Waals surface area contributed by atoms with E-state index in [1.807, 2.05) is 12.1 Å². The summed E-state index contributed by atoms with van der Waals surface area (Å²) in [7, 11) is 0. The summed E-state index contributed by atoms with van der Waals surface area (Å²) in [5.41, 5.74) is 3.91. The molecule has 2 aromatic rings. The normalized spacial score (nSPS) is 20.4. The molecule has 142 valence electrons. The summed E-state index contributed by atoms with van der Waals surface area (Å²) in [5, 5.41) is 3.25. The fourth-order valence-electron chi connectivity index (χ4n) is 4.45. The van der Waals surface area contributed by atoms with Gasteiger partial charge in [-0.1, -0.05) is 36.4 Å². The fraction of sp³-hybridized carbons (Fsp3) is 0.435. The highest BCUT2D eigenvalue weighted by atomic mass is 19.1. The number of carbonyl (C=O) groups is 1. The summed E-state index contributed by atoms with van der Waals surface area (Å²) in [5.74, 6) is 0.374. The van der Waals surface area contributed by atoms with Crippen molar-refractivity contribution in [3.05, 3.63) is 71.0 Å². The van der Waals surface area contributed by atoms with E-state index >= 15 is 0 Å². The van der Waals surface area contributed by atoms with Crippen LogP contribution in [0.2, 0.25) is 0 Å². The van der Waals surface area contributed by atoms with Crippen molar-refractivity contribution in [1.82, 2.24) is 10.2 Å². The lowest BCUT2D eigenvalue weighted by atomic mass is 9.97. The molecule has 0 spiro atoms. The van der Waals surface area contributed by atoms with Crippen LogP contribution in [0, 0.1) is 5.82 Å². The average Bonchev–Trinajstić information content (AvgIpc) is 3.08. The Balaban J connectivity index is 1.22. The monoisotopic (exact) mass is 366 g/mol. The molecule has 1 amide bonds. The zero-order valence-corrected chi connectivity index (χ0v) is 15.7. The third-order valence-corrected chi connectivity index (χ3v) is 5.96. The summed E-state index contributed by atoms with van der Waals surface area (Å²) in [6.07, 6.45) is 4.74. The lowest BCUT2D eigenvalue weighted by molar-refractivity contribution is -0.122. The molecule has 1 atom stereocenters. The van der Waals surface area contributed by atoms with Gasteiger partial charge in [0.2, 0.25) is 5.91 Å². The third kappa shape index (κ3) is 4.56. The number of rotatable bonds is 5. The maximum Gasteiger partial charge on any atom is 0.220 e. The Morgan fingerprint density at radius 3 is 2.56 bits per heavy atom. The molecule has 4 heteroatoms. The van der Waals surface area contributed by atoms with E-state index in [1.54, 1.807) is 0 Å². The van der Waals surface area contributed by atoms with E-state index in [-0.39, 0.29) is 17.8 Å². The molecule has 4 rings (SSSR count). The van der Waals surface area contributed by atoms with E-state index in [0.29, 0.717) is 12.3 Å². The smallest absolute Gasteiger partial charge is 0.220 e. The number of halogens is 1. The molecule has 1 aliphatic carbocycles. The first-order chi connectivity index (χ1) is 13.2. The van der Waals surface area contributed by atoms with Crippen LogP contribution in [0.1, 0.15) is 48.3 Å². The van der Waals surface area contributed by atoms with Crippen molar-refractivity contribution in [3.63, 3.8) is 0 Å². The second kappa shape index (κ2) is 8.22. The van der Waals surface area contributed by atoms with E-state index < -0.39 is 0 Å². The highest BCUT2D eigenvalue weighted by Gasteiger charge is 2.26. The van der Waals surface area contributed by atoms with Crippen LogP contribution in [0.4, 0.5) is 4.39 Å². The van der Waals surface area contributed by atoms with Crippen molar-refractivity contribution in [1.29, 1.82) is 0 Å². The van der Waals surface area contributed by atoms with Crippen LogP contribution in [-0.4, -0.2) is 29.9 Å². The lowest BCUT2D eigenvalue weighted by Gasteiger charge is -2.32. The molecule has 0 radical (unpaired) electrons. The summed E-state index contributed by atoms with van der Waals surface area (Å²) in [4.78, 5) is 14.9. The van der Waals surface area contributed by atoms with Gasteiger partial charge in [-0.15, -0.1) is 0 Å². The number of piperidine rings is 1. The zero-order valence-electron chi connectivity index (χ0n) is 15.7. The number of nitrogens with one attached hydrogen (secondary N) is 1. The molecule has 27 heavy (non-hydrogen) atoms. The number of fused-ring (bicyclic) bond motifs is 1.